The van der Waals surface area contributed by atoms with Crippen LogP contribution in [0.2, 0.25) is 0 Å². The quantitative estimate of drug-likeness (QED) is 0.444. The summed E-state index contributed by atoms with van der Waals surface area (Å²) < 4.78 is 13.8. The van der Waals surface area contributed by atoms with E-state index >= 15 is 0 Å². The molecule has 3 aromatic heterocycles. The maximum atomic E-state index is 13.8. The van der Waals surface area contributed by atoms with Gasteiger partial charge < -0.3 is 10.3 Å². The van der Waals surface area contributed by atoms with Gasteiger partial charge in [-0.2, -0.15) is 5.10 Å². The predicted octanol–water partition coefficient (Wildman–Crippen LogP) is 6.21. The lowest BCUT2D eigenvalue weighted by Crippen LogP contribution is -2.17. The molecule has 3 aliphatic rings. The third-order valence-corrected chi connectivity index (χ3v) is 6.92. The summed E-state index contributed by atoms with van der Waals surface area (Å²) in [5.74, 6) is -0.335. The van der Waals surface area contributed by atoms with Gasteiger partial charge in [-0.1, -0.05) is 24.3 Å². The zero-order valence-corrected chi connectivity index (χ0v) is 20.9. The van der Waals surface area contributed by atoms with Crippen LogP contribution >= 0.6 is 0 Å². The molecule has 1 aliphatic carbocycles. The van der Waals surface area contributed by atoms with Crippen LogP contribution in [0.25, 0.3) is 34.8 Å². The standard InChI is InChI=1S/C30H26FN7/c1-19-25(31)8-10-27(36-19)30-24(18-35-37-30)20-4-2-5-21-16-22(17-34-26(21)9-6-20)29-28-11-7-23(32)12-15-38(28)14-3-13-33-29/h2-6,8-10,13-14,16-18,32H,7,11-12,15H2,1H3,(H,35,37)/b4-2?,5-2+,9-6?,20-4?,20-6?,21-5?,26-9?,32-23?. The number of allylic oxidation sites excluding steroid dienone is 6. The molecule has 5 heterocycles. The first-order chi connectivity index (χ1) is 18.6. The molecule has 7 nitrogen and oxygen atoms in total. The molecular formula is C30H26FN7. The normalized spacial score (nSPS) is 17.8. The molecule has 6 rings (SSSR count). The van der Waals surface area contributed by atoms with E-state index < -0.39 is 0 Å². The highest BCUT2D eigenvalue weighted by atomic mass is 19.1. The Kier molecular flexibility index (Phi) is 6.21. The van der Waals surface area contributed by atoms with E-state index in [1.807, 2.05) is 55.1 Å². The molecule has 8 heteroatoms. The Morgan fingerprint density at radius 1 is 1.05 bits per heavy atom. The Bertz CT molecular complexity index is 1620. The summed E-state index contributed by atoms with van der Waals surface area (Å²) in [6.07, 6.45) is 21.8. The Labute approximate surface area is 220 Å². The number of aromatic amines is 1. The molecule has 3 aromatic rings. The van der Waals surface area contributed by atoms with Gasteiger partial charge >= 0.3 is 0 Å². The van der Waals surface area contributed by atoms with E-state index in [4.69, 9.17) is 15.4 Å². The minimum absolute atomic E-state index is 0.335. The molecule has 38 heavy (non-hydrogen) atoms. The van der Waals surface area contributed by atoms with Crippen LogP contribution in [0, 0.1) is 18.2 Å². The summed E-state index contributed by atoms with van der Waals surface area (Å²) in [5, 5.41) is 15.4. The summed E-state index contributed by atoms with van der Waals surface area (Å²) in [7, 11) is 0. The summed E-state index contributed by atoms with van der Waals surface area (Å²) >= 11 is 0. The fraction of sp³-hybridized carbons (Fsp3) is 0.167. The van der Waals surface area contributed by atoms with Crippen molar-refractivity contribution in [3.8, 4) is 11.4 Å². The van der Waals surface area contributed by atoms with Crippen LogP contribution in [-0.4, -0.2) is 43.5 Å². The number of halogens is 1. The zero-order chi connectivity index (χ0) is 26.1. The number of hydrogen-bond donors (Lipinski definition) is 2. The molecule has 0 unspecified atom stereocenters. The molecule has 1 fully saturated rings. The van der Waals surface area contributed by atoms with Crippen molar-refractivity contribution in [2.45, 2.75) is 26.2 Å². The van der Waals surface area contributed by atoms with E-state index in [1.54, 1.807) is 19.2 Å². The number of nitrogens with one attached hydrogen (secondary N) is 2. The predicted molar refractivity (Wildman–Crippen MR) is 150 cm³/mol. The van der Waals surface area contributed by atoms with Gasteiger partial charge in [0.1, 0.15) is 5.82 Å². The highest BCUT2D eigenvalue weighted by Crippen LogP contribution is 2.32. The first-order valence-electron chi connectivity index (χ1n) is 12.6. The maximum absolute atomic E-state index is 13.8. The van der Waals surface area contributed by atoms with E-state index in [-0.39, 0.29) is 5.82 Å². The van der Waals surface area contributed by atoms with Crippen LogP contribution in [0.1, 0.15) is 47.3 Å². The van der Waals surface area contributed by atoms with Crippen molar-refractivity contribution in [3.05, 3.63) is 101 Å². The largest absolute Gasteiger partial charge is 0.349 e. The van der Waals surface area contributed by atoms with Crippen molar-refractivity contribution in [1.82, 2.24) is 25.1 Å². The van der Waals surface area contributed by atoms with Gasteiger partial charge in [-0.3, -0.25) is 15.1 Å². The summed E-state index contributed by atoms with van der Waals surface area (Å²) in [6.45, 7) is 2.44. The molecule has 0 saturated carbocycles. The molecule has 2 N–H and O–H groups in total. The fourth-order valence-corrected chi connectivity index (χ4v) is 4.86. The van der Waals surface area contributed by atoms with Gasteiger partial charge in [-0.15, -0.1) is 0 Å². The van der Waals surface area contributed by atoms with Crippen LogP contribution in [-0.2, 0) is 0 Å². The lowest BCUT2D eigenvalue weighted by molar-refractivity contribution is 0.475. The highest BCUT2D eigenvalue weighted by molar-refractivity contribution is 5.89. The number of aromatic nitrogens is 4. The van der Waals surface area contributed by atoms with Crippen LogP contribution in [0.3, 0.4) is 0 Å². The van der Waals surface area contributed by atoms with E-state index in [1.165, 1.54) is 6.07 Å². The maximum Gasteiger partial charge on any atom is 0.144 e. The van der Waals surface area contributed by atoms with E-state index in [9.17, 15) is 4.39 Å². The van der Waals surface area contributed by atoms with Crippen LogP contribution in [0.15, 0.2) is 71.8 Å². The average Bonchev–Trinajstić information content (AvgIpc) is 3.20. The Balaban J connectivity index is 1.34. The monoisotopic (exact) mass is 503 g/mol. The molecule has 2 aliphatic heterocycles. The Hall–Kier alpha value is -4.72. The Morgan fingerprint density at radius 2 is 1.97 bits per heavy atom. The molecule has 0 radical (unpaired) electrons. The van der Waals surface area contributed by atoms with Gasteiger partial charge in [0.15, 0.2) is 0 Å². The van der Waals surface area contributed by atoms with Crippen molar-refractivity contribution in [1.29, 1.82) is 5.41 Å². The number of nitrogens with zero attached hydrogens (tertiary/aromatic N) is 5. The van der Waals surface area contributed by atoms with E-state index in [0.717, 1.165) is 76.6 Å². The van der Waals surface area contributed by atoms with Gasteiger partial charge in [0, 0.05) is 59.7 Å². The van der Waals surface area contributed by atoms with Crippen molar-refractivity contribution in [2.75, 3.05) is 6.54 Å². The second kappa shape index (κ2) is 9.97. The third-order valence-electron chi connectivity index (χ3n) is 6.92. The minimum atomic E-state index is -0.335. The Morgan fingerprint density at radius 3 is 2.87 bits per heavy atom. The summed E-state index contributed by atoms with van der Waals surface area (Å²) in [5.41, 5.74) is 9.12. The van der Waals surface area contributed by atoms with E-state index in [2.05, 4.69) is 26.1 Å². The summed E-state index contributed by atoms with van der Waals surface area (Å²) in [4.78, 5) is 16.1. The van der Waals surface area contributed by atoms with Gasteiger partial charge in [-0.25, -0.2) is 9.37 Å². The number of H-pyrrole nitrogens is 1. The first kappa shape index (κ1) is 23.7. The van der Waals surface area contributed by atoms with Crippen molar-refractivity contribution >= 4 is 35.3 Å². The number of fused-ring (bicyclic) bond motifs is 2. The molecule has 0 aromatic carbocycles. The number of hydrogen-bond acceptors (Lipinski definition) is 6. The van der Waals surface area contributed by atoms with Crippen LogP contribution in [0.5, 0.6) is 0 Å². The summed E-state index contributed by atoms with van der Waals surface area (Å²) in [6, 6.07) is 5.20. The molecule has 188 valence electrons. The lowest BCUT2D eigenvalue weighted by atomic mass is 9.99. The first-order valence-corrected chi connectivity index (χ1v) is 12.6. The second-order valence-corrected chi connectivity index (χ2v) is 9.40. The number of aliphatic imine (C=N–C) groups is 1. The second-order valence-electron chi connectivity index (χ2n) is 9.40. The van der Waals surface area contributed by atoms with Gasteiger partial charge in [0.05, 0.1) is 34.7 Å². The van der Waals surface area contributed by atoms with E-state index in [0.29, 0.717) is 11.4 Å². The zero-order valence-electron chi connectivity index (χ0n) is 20.9. The van der Waals surface area contributed by atoms with Crippen LogP contribution in [0.4, 0.5) is 4.39 Å². The number of rotatable bonds is 3. The molecule has 0 amide bonds. The fourth-order valence-electron chi connectivity index (χ4n) is 4.86. The topological polar surface area (TPSA) is 93.9 Å². The average molecular weight is 504 g/mol. The van der Waals surface area contributed by atoms with Crippen molar-refractivity contribution < 1.29 is 4.39 Å². The molecule has 0 spiro atoms. The van der Waals surface area contributed by atoms with Crippen LogP contribution < -0.4 is 0 Å². The number of pyridine rings is 2. The lowest BCUT2D eigenvalue weighted by Gasteiger charge is -2.22. The van der Waals surface area contributed by atoms with Gasteiger partial charge in [0.25, 0.3) is 0 Å². The smallest absolute Gasteiger partial charge is 0.144 e. The molecular weight excluding hydrogens is 477 g/mol. The van der Waals surface area contributed by atoms with Gasteiger partial charge in [0.2, 0.25) is 0 Å². The minimum Gasteiger partial charge on any atom is -0.349 e. The number of aryl methyl sites for hydroxylation is 1. The van der Waals surface area contributed by atoms with Crippen molar-refractivity contribution in [3.63, 3.8) is 0 Å². The third kappa shape index (κ3) is 4.56. The highest BCUT2D eigenvalue weighted by Gasteiger charge is 2.21. The molecule has 0 atom stereocenters. The molecule has 1 saturated heterocycles. The van der Waals surface area contributed by atoms with Crippen molar-refractivity contribution in [2.24, 2.45) is 4.99 Å². The molecule has 0 bridgehead atoms. The SMILES string of the molecule is Cc1nc(-c2[nH]ncc2C2=C/C=C/c3cc(C4=C5CCC(=N)CCN5C=CC=N4)cnc3C=C2)ccc1F. The van der Waals surface area contributed by atoms with Gasteiger partial charge in [-0.05, 0) is 55.7 Å².